The summed E-state index contributed by atoms with van der Waals surface area (Å²) in [5, 5.41) is 0.491. The van der Waals surface area contributed by atoms with Crippen LogP contribution in [0.5, 0.6) is 0 Å². The van der Waals surface area contributed by atoms with Crippen molar-refractivity contribution >= 4 is 12.6 Å². The minimum Gasteiger partial charge on any atom is -0.327 e. The van der Waals surface area contributed by atoms with Crippen molar-refractivity contribution in [3.05, 3.63) is 0 Å². The molecule has 0 aliphatic heterocycles. The van der Waals surface area contributed by atoms with Gasteiger partial charge in [-0.1, -0.05) is 0 Å². The van der Waals surface area contributed by atoms with Gasteiger partial charge in [-0.05, 0) is 18.8 Å². The highest BCUT2D eigenvalue weighted by atomic mass is 32.1. The standard InChI is InChI=1S/C7H14N2S/c8-4-1-3-2-5(9)6(4)7(3)10/h3-7,10H,1-2,8-9H2. The molecule has 0 heterocycles. The molecule has 0 radical (unpaired) electrons. The van der Waals surface area contributed by atoms with Crippen LogP contribution in [-0.4, -0.2) is 17.3 Å². The maximum atomic E-state index is 5.87. The Morgan fingerprint density at radius 3 is 1.80 bits per heavy atom. The van der Waals surface area contributed by atoms with Crippen molar-refractivity contribution in [2.45, 2.75) is 30.2 Å². The van der Waals surface area contributed by atoms with Gasteiger partial charge in [-0.2, -0.15) is 12.6 Å². The molecule has 3 heteroatoms. The van der Waals surface area contributed by atoms with Crippen molar-refractivity contribution in [2.75, 3.05) is 0 Å². The molecule has 0 aromatic carbocycles. The predicted octanol–water partition coefficient (Wildman–Crippen LogP) is -0.0208. The molecule has 3 atom stereocenters. The van der Waals surface area contributed by atoms with Gasteiger partial charge in [0.2, 0.25) is 0 Å². The van der Waals surface area contributed by atoms with Crippen molar-refractivity contribution in [1.29, 1.82) is 0 Å². The van der Waals surface area contributed by atoms with Crippen LogP contribution < -0.4 is 11.5 Å². The Morgan fingerprint density at radius 1 is 1.10 bits per heavy atom. The molecule has 58 valence electrons. The second-order valence-electron chi connectivity index (χ2n) is 3.63. The van der Waals surface area contributed by atoms with E-state index in [0.29, 0.717) is 29.2 Å². The zero-order valence-corrected chi connectivity index (χ0v) is 6.80. The van der Waals surface area contributed by atoms with E-state index in [1.165, 1.54) is 0 Å². The summed E-state index contributed by atoms with van der Waals surface area (Å²) >= 11 is 4.50. The van der Waals surface area contributed by atoms with Crippen LogP contribution >= 0.6 is 12.6 Å². The number of fused-ring (bicyclic) bond motifs is 2. The van der Waals surface area contributed by atoms with Gasteiger partial charge >= 0.3 is 0 Å². The molecule has 0 amide bonds. The Bertz CT molecular complexity index is 139. The smallest absolute Gasteiger partial charge is 0.0104 e. The lowest BCUT2D eigenvalue weighted by atomic mass is 9.92. The first kappa shape index (κ1) is 6.95. The largest absolute Gasteiger partial charge is 0.327 e. The molecule has 4 N–H and O–H groups in total. The van der Waals surface area contributed by atoms with Crippen LogP contribution in [0.3, 0.4) is 0 Å². The Kier molecular flexibility index (Phi) is 1.48. The second-order valence-corrected chi connectivity index (χ2v) is 4.22. The third-order valence-corrected chi connectivity index (χ3v) is 3.78. The summed E-state index contributed by atoms with van der Waals surface area (Å²) < 4.78 is 0. The molecule has 0 aromatic heterocycles. The van der Waals surface area contributed by atoms with Crippen LogP contribution in [0.15, 0.2) is 0 Å². The Balaban J connectivity index is 2.19. The van der Waals surface area contributed by atoms with E-state index in [4.69, 9.17) is 11.5 Å². The zero-order chi connectivity index (χ0) is 7.30. The van der Waals surface area contributed by atoms with Gasteiger partial charge in [-0.3, -0.25) is 0 Å². The second kappa shape index (κ2) is 2.13. The van der Waals surface area contributed by atoms with E-state index in [1.807, 2.05) is 0 Å². The van der Waals surface area contributed by atoms with Crippen molar-refractivity contribution in [2.24, 2.45) is 23.3 Å². The van der Waals surface area contributed by atoms with Crippen molar-refractivity contribution in [1.82, 2.24) is 0 Å². The molecule has 0 spiro atoms. The van der Waals surface area contributed by atoms with E-state index in [2.05, 4.69) is 12.6 Å². The van der Waals surface area contributed by atoms with Crippen LogP contribution in [0.25, 0.3) is 0 Å². The third kappa shape index (κ3) is 0.742. The number of hydrogen-bond donors (Lipinski definition) is 3. The summed E-state index contributed by atoms with van der Waals surface area (Å²) in [4.78, 5) is 0. The van der Waals surface area contributed by atoms with E-state index in [9.17, 15) is 0 Å². The first-order valence-electron chi connectivity index (χ1n) is 3.89. The lowest BCUT2D eigenvalue weighted by Crippen LogP contribution is -2.41. The van der Waals surface area contributed by atoms with Gasteiger partial charge in [-0.25, -0.2) is 0 Å². The lowest BCUT2D eigenvalue weighted by Gasteiger charge is -2.23. The highest BCUT2D eigenvalue weighted by Gasteiger charge is 2.49. The van der Waals surface area contributed by atoms with Crippen molar-refractivity contribution in [3.63, 3.8) is 0 Å². The summed E-state index contributed by atoms with van der Waals surface area (Å²) in [6.07, 6.45) is 2.29. The monoisotopic (exact) mass is 158 g/mol. The van der Waals surface area contributed by atoms with Gasteiger partial charge in [-0.15, -0.1) is 0 Å². The SMILES string of the molecule is NC1CC2CC(N)C1C2S. The average Bonchev–Trinajstić information content (AvgIpc) is 2.20. The molecule has 2 nitrogen and oxygen atoms in total. The number of thiol groups is 1. The molecule has 10 heavy (non-hydrogen) atoms. The van der Waals surface area contributed by atoms with Gasteiger partial charge in [0, 0.05) is 23.3 Å². The molecular weight excluding hydrogens is 144 g/mol. The van der Waals surface area contributed by atoms with Crippen LogP contribution in [0, 0.1) is 11.8 Å². The van der Waals surface area contributed by atoms with Crippen LogP contribution in [-0.2, 0) is 0 Å². The van der Waals surface area contributed by atoms with E-state index in [0.717, 1.165) is 12.8 Å². The maximum absolute atomic E-state index is 5.87. The molecular formula is C7H14N2S. The van der Waals surface area contributed by atoms with E-state index in [1.54, 1.807) is 0 Å². The number of hydrogen-bond acceptors (Lipinski definition) is 3. The van der Waals surface area contributed by atoms with Gasteiger partial charge in [0.15, 0.2) is 0 Å². The highest BCUT2D eigenvalue weighted by molar-refractivity contribution is 7.81. The van der Waals surface area contributed by atoms with E-state index >= 15 is 0 Å². The summed E-state index contributed by atoms with van der Waals surface area (Å²) in [7, 11) is 0. The Morgan fingerprint density at radius 2 is 1.60 bits per heavy atom. The topological polar surface area (TPSA) is 52.0 Å². The molecule has 2 rings (SSSR count). The molecule has 3 unspecified atom stereocenters. The molecule has 2 bridgehead atoms. The lowest BCUT2D eigenvalue weighted by molar-refractivity contribution is 0.369. The fraction of sp³-hybridized carbons (Fsp3) is 1.00. The van der Waals surface area contributed by atoms with Crippen molar-refractivity contribution < 1.29 is 0 Å². The Hall–Kier alpha value is 0.270. The predicted molar refractivity (Wildman–Crippen MR) is 44.9 cm³/mol. The molecule has 2 fully saturated rings. The number of rotatable bonds is 0. The number of nitrogens with two attached hydrogens (primary N) is 2. The fourth-order valence-electron chi connectivity index (χ4n) is 2.53. The van der Waals surface area contributed by atoms with Gasteiger partial charge < -0.3 is 11.5 Å². The van der Waals surface area contributed by atoms with E-state index in [-0.39, 0.29) is 0 Å². The Labute approximate surface area is 66.8 Å². The molecule has 0 saturated heterocycles. The molecule has 2 aliphatic carbocycles. The minimum absolute atomic E-state index is 0.330. The van der Waals surface area contributed by atoms with Gasteiger partial charge in [0.25, 0.3) is 0 Å². The highest BCUT2D eigenvalue weighted by Crippen LogP contribution is 2.45. The van der Waals surface area contributed by atoms with Crippen molar-refractivity contribution in [3.8, 4) is 0 Å². The van der Waals surface area contributed by atoms with E-state index < -0.39 is 0 Å². The summed E-state index contributed by atoms with van der Waals surface area (Å²) in [6, 6.07) is 0.660. The quantitative estimate of drug-likeness (QED) is 0.434. The first-order chi connectivity index (χ1) is 4.70. The third-order valence-electron chi connectivity index (χ3n) is 3.02. The summed E-state index contributed by atoms with van der Waals surface area (Å²) in [6.45, 7) is 0. The normalized spacial score (nSPS) is 59.7. The van der Waals surface area contributed by atoms with Crippen LogP contribution in [0.1, 0.15) is 12.8 Å². The fourth-order valence-corrected chi connectivity index (χ4v) is 3.21. The summed E-state index contributed by atoms with van der Waals surface area (Å²) in [5.74, 6) is 1.20. The molecule has 0 aromatic rings. The van der Waals surface area contributed by atoms with Crippen LogP contribution in [0.2, 0.25) is 0 Å². The first-order valence-corrected chi connectivity index (χ1v) is 4.41. The zero-order valence-electron chi connectivity index (χ0n) is 5.90. The average molecular weight is 158 g/mol. The minimum atomic E-state index is 0.330. The van der Waals surface area contributed by atoms with Crippen LogP contribution in [0.4, 0.5) is 0 Å². The molecule has 2 saturated carbocycles. The van der Waals surface area contributed by atoms with Gasteiger partial charge in [0.05, 0.1) is 0 Å². The molecule has 2 aliphatic rings. The maximum Gasteiger partial charge on any atom is 0.0104 e. The van der Waals surface area contributed by atoms with Gasteiger partial charge in [0.1, 0.15) is 0 Å². The summed E-state index contributed by atoms with van der Waals surface area (Å²) in [5.41, 5.74) is 11.7.